The first-order valence-corrected chi connectivity index (χ1v) is 6.04. The fourth-order valence-electron chi connectivity index (χ4n) is 2.14. The standard InChI is InChI=1S/C13H14F3NO2/c14-10-7-9(18)1-2-11(10)17-12(19)8-3-5-13(15,16)6-4-8/h1-2,7-8,18H,3-6H2,(H,17,19). The quantitative estimate of drug-likeness (QED) is 0.812. The normalized spacial score (nSPS) is 19.1. The first-order chi connectivity index (χ1) is 8.87. The van der Waals surface area contributed by atoms with E-state index in [1.54, 1.807) is 0 Å². The molecular formula is C13H14F3NO2. The number of hydrogen-bond acceptors (Lipinski definition) is 2. The van der Waals surface area contributed by atoms with Crippen molar-refractivity contribution in [3.05, 3.63) is 24.0 Å². The number of hydrogen-bond donors (Lipinski definition) is 2. The number of aromatic hydroxyl groups is 1. The Morgan fingerprint density at radius 3 is 2.53 bits per heavy atom. The highest BCUT2D eigenvalue weighted by atomic mass is 19.3. The molecule has 1 aromatic carbocycles. The number of carbonyl (C=O) groups is 1. The van der Waals surface area contributed by atoms with Crippen molar-refractivity contribution in [3.8, 4) is 5.75 Å². The molecule has 2 N–H and O–H groups in total. The smallest absolute Gasteiger partial charge is 0.248 e. The molecule has 1 aromatic rings. The van der Waals surface area contributed by atoms with Crippen LogP contribution >= 0.6 is 0 Å². The number of anilines is 1. The molecular weight excluding hydrogens is 259 g/mol. The number of alkyl halides is 2. The van der Waals surface area contributed by atoms with Gasteiger partial charge in [0.1, 0.15) is 11.6 Å². The number of nitrogens with one attached hydrogen (secondary N) is 1. The molecule has 1 saturated carbocycles. The fraction of sp³-hybridized carbons (Fsp3) is 0.462. The third-order valence-corrected chi connectivity index (χ3v) is 3.30. The minimum absolute atomic E-state index is 0.0554. The predicted octanol–water partition coefficient (Wildman–Crippen LogP) is 3.30. The van der Waals surface area contributed by atoms with Gasteiger partial charge in [-0.3, -0.25) is 4.79 Å². The van der Waals surface area contributed by atoms with E-state index in [9.17, 15) is 18.0 Å². The lowest BCUT2D eigenvalue weighted by Crippen LogP contribution is -2.32. The Morgan fingerprint density at radius 1 is 1.32 bits per heavy atom. The van der Waals surface area contributed by atoms with E-state index in [-0.39, 0.29) is 37.1 Å². The van der Waals surface area contributed by atoms with Gasteiger partial charge in [-0.15, -0.1) is 0 Å². The number of benzene rings is 1. The van der Waals surface area contributed by atoms with Crippen LogP contribution in [0.3, 0.4) is 0 Å². The lowest BCUT2D eigenvalue weighted by molar-refractivity contribution is -0.124. The van der Waals surface area contributed by atoms with Crippen molar-refractivity contribution < 1.29 is 23.1 Å². The largest absolute Gasteiger partial charge is 0.508 e. The summed E-state index contributed by atoms with van der Waals surface area (Å²) in [6, 6.07) is 3.36. The molecule has 1 aliphatic carbocycles. The third kappa shape index (κ3) is 3.39. The zero-order valence-electron chi connectivity index (χ0n) is 10.1. The van der Waals surface area contributed by atoms with Crippen LogP contribution in [0, 0.1) is 11.7 Å². The van der Waals surface area contributed by atoms with Gasteiger partial charge in [0.25, 0.3) is 0 Å². The van der Waals surface area contributed by atoms with Gasteiger partial charge < -0.3 is 10.4 Å². The first-order valence-electron chi connectivity index (χ1n) is 6.04. The van der Waals surface area contributed by atoms with Crippen LogP contribution in [-0.4, -0.2) is 16.9 Å². The molecule has 19 heavy (non-hydrogen) atoms. The van der Waals surface area contributed by atoms with E-state index in [2.05, 4.69) is 5.32 Å². The molecule has 0 atom stereocenters. The summed E-state index contributed by atoms with van der Waals surface area (Å²) in [5.74, 6) is -4.67. The SMILES string of the molecule is O=C(Nc1ccc(O)cc1F)C1CCC(F)(F)CC1. The average molecular weight is 273 g/mol. The zero-order valence-corrected chi connectivity index (χ0v) is 10.1. The number of carbonyl (C=O) groups excluding carboxylic acids is 1. The van der Waals surface area contributed by atoms with Crippen molar-refractivity contribution in [1.82, 2.24) is 0 Å². The third-order valence-electron chi connectivity index (χ3n) is 3.30. The van der Waals surface area contributed by atoms with E-state index >= 15 is 0 Å². The average Bonchev–Trinajstić information content (AvgIpc) is 2.32. The molecule has 0 unspecified atom stereocenters. The highest BCUT2D eigenvalue weighted by molar-refractivity contribution is 5.92. The van der Waals surface area contributed by atoms with Crippen molar-refractivity contribution >= 4 is 11.6 Å². The van der Waals surface area contributed by atoms with Crippen molar-refractivity contribution in [2.45, 2.75) is 31.6 Å². The van der Waals surface area contributed by atoms with E-state index in [0.717, 1.165) is 6.07 Å². The van der Waals surface area contributed by atoms with Gasteiger partial charge in [0, 0.05) is 24.8 Å². The number of rotatable bonds is 2. The summed E-state index contributed by atoms with van der Waals surface area (Å²) >= 11 is 0. The summed E-state index contributed by atoms with van der Waals surface area (Å²) in [5, 5.41) is 11.4. The lowest BCUT2D eigenvalue weighted by Gasteiger charge is -2.27. The van der Waals surface area contributed by atoms with Crippen molar-refractivity contribution in [1.29, 1.82) is 0 Å². The molecule has 0 heterocycles. The second kappa shape index (κ2) is 5.11. The van der Waals surface area contributed by atoms with E-state index in [4.69, 9.17) is 5.11 Å². The molecule has 0 spiro atoms. The Labute approximate surface area is 108 Å². The molecule has 1 amide bonds. The van der Waals surface area contributed by atoms with Gasteiger partial charge in [-0.2, -0.15) is 0 Å². The van der Waals surface area contributed by atoms with Crippen molar-refractivity contribution in [2.24, 2.45) is 5.92 Å². The molecule has 104 valence electrons. The van der Waals surface area contributed by atoms with Gasteiger partial charge in [0.2, 0.25) is 11.8 Å². The van der Waals surface area contributed by atoms with E-state index < -0.39 is 23.6 Å². The molecule has 0 aromatic heterocycles. The molecule has 3 nitrogen and oxygen atoms in total. The Bertz CT molecular complexity index is 481. The lowest BCUT2D eigenvalue weighted by atomic mass is 9.86. The number of phenolic OH excluding ortho intramolecular Hbond substituents is 1. The van der Waals surface area contributed by atoms with Crippen molar-refractivity contribution in [3.63, 3.8) is 0 Å². The van der Waals surface area contributed by atoms with Crippen molar-refractivity contribution in [2.75, 3.05) is 5.32 Å². The summed E-state index contributed by atoms with van der Waals surface area (Å²) in [4.78, 5) is 11.8. The molecule has 0 bridgehead atoms. The van der Waals surface area contributed by atoms with Crippen LogP contribution in [-0.2, 0) is 4.79 Å². The number of halogens is 3. The highest BCUT2D eigenvalue weighted by Gasteiger charge is 2.37. The minimum Gasteiger partial charge on any atom is -0.508 e. The first kappa shape index (κ1) is 13.7. The van der Waals surface area contributed by atoms with Crippen LogP contribution in [0.5, 0.6) is 5.75 Å². The predicted molar refractivity (Wildman–Crippen MR) is 63.6 cm³/mol. The van der Waals surface area contributed by atoms with Gasteiger partial charge >= 0.3 is 0 Å². The fourth-order valence-corrected chi connectivity index (χ4v) is 2.14. The van der Waals surface area contributed by atoms with E-state index in [0.29, 0.717) is 0 Å². The second-order valence-electron chi connectivity index (χ2n) is 4.78. The van der Waals surface area contributed by atoms with Gasteiger partial charge in [-0.1, -0.05) is 0 Å². The zero-order chi connectivity index (χ0) is 14.0. The molecule has 2 rings (SSSR count). The van der Waals surface area contributed by atoms with Crippen LogP contribution in [0.4, 0.5) is 18.9 Å². The van der Waals surface area contributed by atoms with Crippen LogP contribution in [0.2, 0.25) is 0 Å². The van der Waals surface area contributed by atoms with Crippen LogP contribution < -0.4 is 5.32 Å². The summed E-state index contributed by atoms with van der Waals surface area (Å²) in [6.45, 7) is 0. The number of phenols is 1. The molecule has 0 aliphatic heterocycles. The maximum absolute atomic E-state index is 13.4. The molecule has 1 aliphatic rings. The second-order valence-corrected chi connectivity index (χ2v) is 4.78. The maximum atomic E-state index is 13.4. The molecule has 0 radical (unpaired) electrons. The van der Waals surface area contributed by atoms with Crippen LogP contribution in [0.25, 0.3) is 0 Å². The maximum Gasteiger partial charge on any atom is 0.248 e. The molecule has 1 fully saturated rings. The topological polar surface area (TPSA) is 49.3 Å². The van der Waals surface area contributed by atoms with Crippen LogP contribution in [0.1, 0.15) is 25.7 Å². The molecule has 0 saturated heterocycles. The highest BCUT2D eigenvalue weighted by Crippen LogP contribution is 2.36. The Morgan fingerprint density at radius 2 is 1.95 bits per heavy atom. The summed E-state index contributed by atoms with van der Waals surface area (Å²) in [7, 11) is 0. The number of amides is 1. The van der Waals surface area contributed by atoms with E-state index in [1.165, 1.54) is 12.1 Å². The summed E-state index contributed by atoms with van der Waals surface area (Å²) in [5.41, 5.74) is -0.0554. The van der Waals surface area contributed by atoms with Gasteiger partial charge in [-0.25, -0.2) is 13.2 Å². The van der Waals surface area contributed by atoms with Crippen LogP contribution in [0.15, 0.2) is 18.2 Å². The summed E-state index contributed by atoms with van der Waals surface area (Å²) in [6.07, 6.45) is -0.441. The Kier molecular flexibility index (Phi) is 3.68. The van der Waals surface area contributed by atoms with Gasteiger partial charge in [0.05, 0.1) is 5.69 Å². The Balaban J connectivity index is 1.98. The molecule has 6 heteroatoms. The monoisotopic (exact) mass is 273 g/mol. The minimum atomic E-state index is -2.69. The van der Waals surface area contributed by atoms with Gasteiger partial charge in [0.15, 0.2) is 0 Å². The van der Waals surface area contributed by atoms with Gasteiger partial charge in [-0.05, 0) is 25.0 Å². The summed E-state index contributed by atoms with van der Waals surface area (Å²) < 4.78 is 39.3. The van der Waals surface area contributed by atoms with E-state index in [1.807, 2.05) is 0 Å². The Hall–Kier alpha value is -1.72.